The van der Waals surface area contributed by atoms with E-state index >= 15 is 0 Å². The lowest BCUT2D eigenvalue weighted by Gasteiger charge is -2.43. The number of hydrogen-bond acceptors (Lipinski definition) is 2. The van der Waals surface area contributed by atoms with Crippen LogP contribution in [0.2, 0.25) is 5.02 Å². The molecule has 2 rings (SSSR count). The summed E-state index contributed by atoms with van der Waals surface area (Å²) in [6, 6.07) is 7.40. The molecule has 0 bridgehead atoms. The quantitative estimate of drug-likeness (QED) is 0.827. The Hall–Kier alpha value is -1.06. The Morgan fingerprint density at radius 3 is 2.67 bits per heavy atom. The van der Waals surface area contributed by atoms with Crippen molar-refractivity contribution in [2.75, 3.05) is 6.54 Å². The average Bonchev–Trinajstić information content (AvgIpc) is 2.12. The largest absolute Gasteiger partial charge is 0.481 e. The van der Waals surface area contributed by atoms with E-state index in [0.29, 0.717) is 5.02 Å². The molecule has 1 unspecified atom stereocenters. The van der Waals surface area contributed by atoms with Gasteiger partial charge in [-0.1, -0.05) is 29.8 Å². The van der Waals surface area contributed by atoms with Crippen LogP contribution in [0.25, 0.3) is 0 Å². The highest BCUT2D eigenvalue weighted by molar-refractivity contribution is 6.31. The molecule has 1 aromatic rings. The van der Waals surface area contributed by atoms with E-state index in [9.17, 15) is 4.79 Å². The van der Waals surface area contributed by atoms with E-state index in [0.717, 1.165) is 18.5 Å². The van der Waals surface area contributed by atoms with E-state index in [4.69, 9.17) is 16.7 Å². The highest BCUT2D eigenvalue weighted by atomic mass is 35.5. The van der Waals surface area contributed by atoms with Gasteiger partial charge in [0.1, 0.15) is 0 Å². The molecule has 4 heteroatoms. The fourth-order valence-electron chi connectivity index (χ4n) is 2.01. The summed E-state index contributed by atoms with van der Waals surface area (Å²) in [6.07, 6.45) is 0.903. The van der Waals surface area contributed by atoms with Crippen molar-refractivity contribution in [2.24, 2.45) is 0 Å². The first-order valence-electron chi connectivity index (χ1n) is 4.86. The van der Waals surface area contributed by atoms with Crippen LogP contribution in [0, 0.1) is 0 Å². The first kappa shape index (κ1) is 10.5. The zero-order valence-electron chi connectivity index (χ0n) is 8.16. The van der Waals surface area contributed by atoms with Gasteiger partial charge in [-0.05, 0) is 24.6 Å². The molecule has 1 heterocycles. The Balaban J connectivity index is 2.34. The number of halogens is 1. The van der Waals surface area contributed by atoms with E-state index in [-0.39, 0.29) is 6.42 Å². The molecule has 1 aliphatic heterocycles. The molecule has 0 radical (unpaired) electrons. The molecular formula is C11H12ClNO2. The molecular weight excluding hydrogens is 214 g/mol. The number of carboxylic acids is 1. The second-order valence-corrected chi connectivity index (χ2v) is 4.22. The summed E-state index contributed by atoms with van der Waals surface area (Å²) in [5.41, 5.74) is 0.435. The number of aliphatic carboxylic acids is 1. The summed E-state index contributed by atoms with van der Waals surface area (Å²) in [5.74, 6) is -0.804. The lowest BCUT2D eigenvalue weighted by atomic mass is 9.78. The molecule has 80 valence electrons. The third-order valence-electron chi connectivity index (χ3n) is 2.86. The van der Waals surface area contributed by atoms with Gasteiger partial charge < -0.3 is 10.4 Å². The monoisotopic (exact) mass is 225 g/mol. The lowest BCUT2D eigenvalue weighted by molar-refractivity contribution is -0.139. The predicted octanol–water partition coefficient (Wildman–Crippen LogP) is 2.00. The third kappa shape index (κ3) is 1.85. The zero-order valence-corrected chi connectivity index (χ0v) is 8.92. The molecule has 1 aromatic carbocycles. The maximum absolute atomic E-state index is 10.8. The van der Waals surface area contributed by atoms with Gasteiger partial charge in [0.15, 0.2) is 0 Å². The molecule has 0 aliphatic carbocycles. The van der Waals surface area contributed by atoms with Crippen molar-refractivity contribution in [2.45, 2.75) is 18.4 Å². The third-order valence-corrected chi connectivity index (χ3v) is 3.19. The fraction of sp³-hybridized carbons (Fsp3) is 0.364. The molecule has 15 heavy (non-hydrogen) atoms. The van der Waals surface area contributed by atoms with E-state index in [1.807, 2.05) is 18.2 Å². The summed E-state index contributed by atoms with van der Waals surface area (Å²) in [6.45, 7) is 0.846. The second-order valence-electron chi connectivity index (χ2n) is 3.81. The van der Waals surface area contributed by atoms with E-state index in [1.165, 1.54) is 0 Å². The van der Waals surface area contributed by atoms with Gasteiger partial charge in [0.05, 0.1) is 12.0 Å². The van der Waals surface area contributed by atoms with Crippen molar-refractivity contribution in [3.8, 4) is 0 Å². The number of benzene rings is 1. The van der Waals surface area contributed by atoms with Crippen molar-refractivity contribution in [1.29, 1.82) is 0 Å². The highest BCUT2D eigenvalue weighted by Crippen LogP contribution is 2.38. The Kier molecular flexibility index (Phi) is 2.67. The molecule has 0 aromatic heterocycles. The van der Waals surface area contributed by atoms with Crippen molar-refractivity contribution in [1.82, 2.24) is 5.32 Å². The summed E-state index contributed by atoms with van der Waals surface area (Å²) < 4.78 is 0. The predicted molar refractivity (Wildman–Crippen MR) is 58.0 cm³/mol. The van der Waals surface area contributed by atoms with Gasteiger partial charge in [0.2, 0.25) is 0 Å². The van der Waals surface area contributed by atoms with Gasteiger partial charge in [-0.15, -0.1) is 0 Å². The minimum absolute atomic E-state index is 0.0801. The van der Waals surface area contributed by atoms with Crippen LogP contribution in [0.15, 0.2) is 24.3 Å². The number of carboxylic acid groups (broad SMARTS) is 1. The van der Waals surface area contributed by atoms with Gasteiger partial charge in [-0.25, -0.2) is 0 Å². The van der Waals surface area contributed by atoms with Crippen LogP contribution in [0.3, 0.4) is 0 Å². The van der Waals surface area contributed by atoms with Crippen LogP contribution in [-0.4, -0.2) is 17.6 Å². The first-order valence-corrected chi connectivity index (χ1v) is 5.24. The minimum atomic E-state index is -0.804. The standard InChI is InChI=1S/C11H12ClNO2/c12-9-4-2-1-3-8(9)11(5-6-13-11)7-10(14)15/h1-4,13H,5-7H2,(H,14,15). The van der Waals surface area contributed by atoms with Gasteiger partial charge in [0, 0.05) is 5.02 Å². The van der Waals surface area contributed by atoms with Crippen LogP contribution < -0.4 is 5.32 Å². The van der Waals surface area contributed by atoms with Crippen LogP contribution in [0.5, 0.6) is 0 Å². The molecule has 1 atom stereocenters. The van der Waals surface area contributed by atoms with E-state index in [2.05, 4.69) is 5.32 Å². The number of rotatable bonds is 3. The summed E-state index contributed by atoms with van der Waals surface area (Å²) in [5, 5.41) is 12.7. The Morgan fingerprint density at radius 1 is 1.53 bits per heavy atom. The van der Waals surface area contributed by atoms with Crippen molar-refractivity contribution >= 4 is 17.6 Å². The molecule has 1 aliphatic rings. The fourth-order valence-corrected chi connectivity index (χ4v) is 2.33. The SMILES string of the molecule is O=C(O)CC1(c2ccccc2Cl)CCN1. The number of nitrogens with one attached hydrogen (secondary N) is 1. The van der Waals surface area contributed by atoms with Gasteiger partial charge in [0.25, 0.3) is 0 Å². The molecule has 3 nitrogen and oxygen atoms in total. The van der Waals surface area contributed by atoms with Crippen LogP contribution in [0.4, 0.5) is 0 Å². The van der Waals surface area contributed by atoms with E-state index in [1.54, 1.807) is 6.07 Å². The van der Waals surface area contributed by atoms with Gasteiger partial charge in [-0.2, -0.15) is 0 Å². The second kappa shape index (κ2) is 3.83. The molecule has 0 saturated carbocycles. The molecule has 2 N–H and O–H groups in total. The summed E-state index contributed by atoms with van der Waals surface area (Å²) >= 11 is 6.07. The Morgan fingerprint density at radius 2 is 2.20 bits per heavy atom. The van der Waals surface area contributed by atoms with Gasteiger partial charge in [-0.3, -0.25) is 4.79 Å². The molecule has 0 spiro atoms. The Bertz CT molecular complexity index is 388. The normalized spacial score (nSPS) is 24.6. The number of hydrogen-bond donors (Lipinski definition) is 2. The minimum Gasteiger partial charge on any atom is -0.481 e. The maximum Gasteiger partial charge on any atom is 0.305 e. The van der Waals surface area contributed by atoms with Gasteiger partial charge >= 0.3 is 5.97 Å². The maximum atomic E-state index is 10.8. The van der Waals surface area contributed by atoms with E-state index < -0.39 is 11.5 Å². The smallest absolute Gasteiger partial charge is 0.305 e. The van der Waals surface area contributed by atoms with Crippen LogP contribution in [0.1, 0.15) is 18.4 Å². The Labute approximate surface area is 93.1 Å². The first-order chi connectivity index (χ1) is 7.14. The van der Waals surface area contributed by atoms with Crippen molar-refractivity contribution < 1.29 is 9.90 Å². The molecule has 1 saturated heterocycles. The van der Waals surface area contributed by atoms with Crippen molar-refractivity contribution in [3.63, 3.8) is 0 Å². The van der Waals surface area contributed by atoms with Crippen molar-refractivity contribution in [3.05, 3.63) is 34.9 Å². The van der Waals surface area contributed by atoms with Crippen LogP contribution >= 0.6 is 11.6 Å². The molecule has 0 amide bonds. The number of carbonyl (C=O) groups is 1. The zero-order chi connectivity index (χ0) is 10.9. The summed E-state index contributed by atoms with van der Waals surface area (Å²) in [7, 11) is 0. The summed E-state index contributed by atoms with van der Waals surface area (Å²) in [4.78, 5) is 10.8. The average molecular weight is 226 g/mol. The van der Waals surface area contributed by atoms with Crippen LogP contribution in [-0.2, 0) is 10.3 Å². The molecule has 1 fully saturated rings. The topological polar surface area (TPSA) is 49.3 Å². The highest BCUT2D eigenvalue weighted by Gasteiger charge is 2.41. The lowest BCUT2D eigenvalue weighted by Crippen LogP contribution is -2.55.